The highest BCUT2D eigenvalue weighted by Gasteiger charge is 2.02. The molecule has 1 aromatic carbocycles. The number of aromatic hydroxyl groups is 1. The molecule has 1 unspecified atom stereocenters. The summed E-state index contributed by atoms with van der Waals surface area (Å²) >= 11 is 0. The zero-order valence-electron chi connectivity index (χ0n) is 6.28. The molecule has 1 atom stereocenters. The second-order valence-corrected chi connectivity index (χ2v) is 2.55. The van der Waals surface area contributed by atoms with Gasteiger partial charge in [0.1, 0.15) is 12.0 Å². The molecule has 3 nitrogen and oxygen atoms in total. The summed E-state index contributed by atoms with van der Waals surface area (Å²) in [4.78, 5) is 0. The lowest BCUT2D eigenvalue weighted by Gasteiger charge is -2.05. The maximum atomic E-state index is 9.08. The number of hydrogen-bond acceptors (Lipinski definition) is 3. The highest BCUT2D eigenvalue weighted by atomic mass is 16.3. The van der Waals surface area contributed by atoms with E-state index in [0.717, 1.165) is 5.56 Å². The molecule has 0 fully saturated rings. The summed E-state index contributed by atoms with van der Waals surface area (Å²) in [6.45, 7) is 1.82. The van der Waals surface area contributed by atoms with Crippen molar-refractivity contribution in [1.29, 1.82) is 0 Å². The van der Waals surface area contributed by atoms with Crippen LogP contribution in [0.3, 0.4) is 0 Å². The van der Waals surface area contributed by atoms with Crippen molar-refractivity contribution in [1.82, 2.24) is 0 Å². The Hall–Kier alpha value is -1.06. The Morgan fingerprint density at radius 3 is 2.45 bits per heavy atom. The molecule has 0 radical (unpaired) electrons. The number of phenols is 1. The smallest absolute Gasteiger partial charge is 0.128 e. The predicted octanol–water partition coefficient (Wildman–Crippen LogP) is 0.650. The Balaban J connectivity index is 3.08. The van der Waals surface area contributed by atoms with E-state index in [9.17, 15) is 0 Å². The molecule has 0 saturated heterocycles. The molecule has 0 spiro atoms. The van der Waals surface area contributed by atoms with Gasteiger partial charge >= 0.3 is 0 Å². The van der Waals surface area contributed by atoms with E-state index in [1.165, 1.54) is 6.07 Å². The summed E-state index contributed by atoms with van der Waals surface area (Å²) in [5, 5.41) is 18.0. The third kappa shape index (κ3) is 1.93. The number of rotatable bonds is 1. The van der Waals surface area contributed by atoms with Crippen LogP contribution in [-0.2, 0) is 0 Å². The third-order valence-electron chi connectivity index (χ3n) is 1.43. The van der Waals surface area contributed by atoms with E-state index in [1.807, 2.05) is 6.92 Å². The van der Waals surface area contributed by atoms with E-state index in [1.54, 1.807) is 12.1 Å². The molecule has 0 aliphatic rings. The fraction of sp³-hybridized carbons (Fsp3) is 0.250. The molecule has 0 amide bonds. The minimum absolute atomic E-state index is 0.129. The van der Waals surface area contributed by atoms with Crippen LogP contribution in [0.5, 0.6) is 5.75 Å². The van der Waals surface area contributed by atoms with Gasteiger partial charge < -0.3 is 15.9 Å². The summed E-state index contributed by atoms with van der Waals surface area (Å²) in [6.07, 6.45) is -1.01. The molecule has 4 N–H and O–H groups in total. The van der Waals surface area contributed by atoms with Gasteiger partial charge in [-0.2, -0.15) is 0 Å². The van der Waals surface area contributed by atoms with Crippen LogP contribution >= 0.6 is 0 Å². The number of benzene rings is 1. The SMILES string of the molecule is Cc1cc(O)cc(C(N)O)c1. The van der Waals surface area contributed by atoms with Gasteiger partial charge in [-0.15, -0.1) is 0 Å². The first kappa shape index (κ1) is 8.04. The lowest BCUT2D eigenvalue weighted by Crippen LogP contribution is -2.08. The lowest BCUT2D eigenvalue weighted by atomic mass is 10.1. The van der Waals surface area contributed by atoms with E-state index >= 15 is 0 Å². The Morgan fingerprint density at radius 2 is 2.00 bits per heavy atom. The molecule has 60 valence electrons. The quantitative estimate of drug-likeness (QED) is 0.519. The van der Waals surface area contributed by atoms with Crippen LogP contribution in [0.15, 0.2) is 18.2 Å². The molecule has 0 aliphatic heterocycles. The number of aryl methyl sites for hydroxylation is 1. The maximum absolute atomic E-state index is 9.08. The van der Waals surface area contributed by atoms with E-state index in [0.29, 0.717) is 5.56 Å². The number of aliphatic hydroxyl groups is 1. The summed E-state index contributed by atoms with van der Waals surface area (Å²) in [5.41, 5.74) is 6.61. The summed E-state index contributed by atoms with van der Waals surface area (Å²) in [6, 6.07) is 4.77. The van der Waals surface area contributed by atoms with E-state index in [-0.39, 0.29) is 5.75 Å². The Morgan fingerprint density at radius 1 is 1.36 bits per heavy atom. The topological polar surface area (TPSA) is 66.5 Å². The van der Waals surface area contributed by atoms with Crippen molar-refractivity contribution in [3.05, 3.63) is 29.3 Å². The van der Waals surface area contributed by atoms with Gasteiger partial charge in [-0.05, 0) is 30.2 Å². The molecular weight excluding hydrogens is 142 g/mol. The lowest BCUT2D eigenvalue weighted by molar-refractivity contribution is 0.186. The van der Waals surface area contributed by atoms with Crippen molar-refractivity contribution in [2.24, 2.45) is 5.73 Å². The van der Waals surface area contributed by atoms with Crippen LogP contribution in [0.2, 0.25) is 0 Å². The average molecular weight is 153 g/mol. The van der Waals surface area contributed by atoms with Crippen molar-refractivity contribution in [2.75, 3.05) is 0 Å². The largest absolute Gasteiger partial charge is 0.508 e. The van der Waals surface area contributed by atoms with Crippen molar-refractivity contribution in [3.63, 3.8) is 0 Å². The molecular formula is C8H11NO2. The predicted molar refractivity (Wildman–Crippen MR) is 42.0 cm³/mol. The molecule has 3 heteroatoms. The monoisotopic (exact) mass is 153 g/mol. The van der Waals surface area contributed by atoms with Gasteiger partial charge in [0.05, 0.1) is 0 Å². The third-order valence-corrected chi connectivity index (χ3v) is 1.43. The van der Waals surface area contributed by atoms with Crippen molar-refractivity contribution in [3.8, 4) is 5.75 Å². The van der Waals surface area contributed by atoms with Gasteiger partial charge in [0.25, 0.3) is 0 Å². The van der Waals surface area contributed by atoms with Gasteiger partial charge in [-0.1, -0.05) is 6.07 Å². The van der Waals surface area contributed by atoms with Gasteiger partial charge in [-0.25, -0.2) is 0 Å². The zero-order valence-corrected chi connectivity index (χ0v) is 6.28. The standard InChI is InChI=1S/C8H11NO2/c1-5-2-6(8(9)11)4-7(10)3-5/h2-4,8,10-11H,9H2,1H3. The summed E-state index contributed by atoms with van der Waals surface area (Å²) in [7, 11) is 0. The number of aliphatic hydroxyl groups excluding tert-OH is 1. The van der Waals surface area contributed by atoms with Crippen molar-refractivity contribution in [2.45, 2.75) is 13.2 Å². The fourth-order valence-electron chi connectivity index (χ4n) is 0.963. The zero-order chi connectivity index (χ0) is 8.43. The number of phenolic OH excluding ortho intramolecular Hbond substituents is 1. The van der Waals surface area contributed by atoms with Gasteiger partial charge in [0.2, 0.25) is 0 Å². The minimum atomic E-state index is -1.01. The van der Waals surface area contributed by atoms with Crippen LogP contribution in [0.4, 0.5) is 0 Å². The highest BCUT2D eigenvalue weighted by Crippen LogP contribution is 2.17. The Kier molecular flexibility index (Phi) is 2.12. The molecule has 1 aromatic rings. The normalized spacial score (nSPS) is 13.0. The molecule has 0 bridgehead atoms. The average Bonchev–Trinajstić information content (AvgIpc) is 1.85. The molecule has 0 saturated carbocycles. The van der Waals surface area contributed by atoms with Crippen LogP contribution in [0, 0.1) is 6.92 Å². The molecule has 0 heterocycles. The first-order chi connectivity index (χ1) is 5.09. The van der Waals surface area contributed by atoms with E-state index in [4.69, 9.17) is 15.9 Å². The first-order valence-corrected chi connectivity index (χ1v) is 3.34. The Bertz CT molecular complexity index is 238. The number of hydrogen-bond donors (Lipinski definition) is 3. The van der Waals surface area contributed by atoms with Gasteiger partial charge in [0, 0.05) is 0 Å². The van der Waals surface area contributed by atoms with Crippen LogP contribution in [0.1, 0.15) is 17.4 Å². The fourth-order valence-corrected chi connectivity index (χ4v) is 0.963. The maximum Gasteiger partial charge on any atom is 0.128 e. The van der Waals surface area contributed by atoms with Gasteiger partial charge in [-0.3, -0.25) is 0 Å². The molecule has 11 heavy (non-hydrogen) atoms. The first-order valence-electron chi connectivity index (χ1n) is 3.34. The van der Waals surface area contributed by atoms with E-state index in [2.05, 4.69) is 0 Å². The second-order valence-electron chi connectivity index (χ2n) is 2.55. The molecule has 0 aliphatic carbocycles. The van der Waals surface area contributed by atoms with Crippen molar-refractivity contribution < 1.29 is 10.2 Å². The van der Waals surface area contributed by atoms with Crippen LogP contribution in [0.25, 0.3) is 0 Å². The minimum Gasteiger partial charge on any atom is -0.508 e. The van der Waals surface area contributed by atoms with Gasteiger partial charge in [0.15, 0.2) is 0 Å². The summed E-state index contributed by atoms with van der Waals surface area (Å²) in [5.74, 6) is 0.129. The van der Waals surface area contributed by atoms with Crippen LogP contribution < -0.4 is 5.73 Å². The van der Waals surface area contributed by atoms with Crippen molar-refractivity contribution >= 4 is 0 Å². The van der Waals surface area contributed by atoms with E-state index < -0.39 is 6.23 Å². The summed E-state index contributed by atoms with van der Waals surface area (Å²) < 4.78 is 0. The Labute approximate surface area is 65.1 Å². The highest BCUT2D eigenvalue weighted by molar-refractivity contribution is 5.33. The van der Waals surface area contributed by atoms with Crippen LogP contribution in [-0.4, -0.2) is 10.2 Å². The molecule has 0 aromatic heterocycles. The number of nitrogens with two attached hydrogens (primary N) is 1. The molecule has 1 rings (SSSR count). The second kappa shape index (κ2) is 2.90.